The van der Waals surface area contributed by atoms with E-state index in [1.54, 1.807) is 24.3 Å². The molecule has 1 unspecified atom stereocenters. The van der Waals surface area contributed by atoms with Gasteiger partial charge in [0.2, 0.25) is 0 Å². The van der Waals surface area contributed by atoms with Crippen LogP contribution in [0.15, 0.2) is 41.8 Å². The number of aliphatic hydroxyl groups is 1. The number of rotatable bonds is 5. The number of benzene rings is 1. The van der Waals surface area contributed by atoms with Crippen molar-refractivity contribution in [2.45, 2.75) is 11.4 Å². The van der Waals surface area contributed by atoms with E-state index < -0.39 is 34.9 Å². The molecular weight excluding hydrogens is 419 g/mol. The average molecular weight is 435 g/mol. The molecule has 1 aromatic rings. The van der Waals surface area contributed by atoms with Gasteiger partial charge in [0.05, 0.1) is 11.1 Å². The zero-order valence-electron chi connectivity index (χ0n) is 13.8. The summed E-state index contributed by atoms with van der Waals surface area (Å²) in [6, 6.07) is 7.93. The summed E-state index contributed by atoms with van der Waals surface area (Å²) < 4.78 is 5.30. The minimum atomic E-state index is -1.37. The van der Waals surface area contributed by atoms with Crippen LogP contribution in [-0.2, 0) is 14.4 Å². The maximum atomic E-state index is 12.1. The Morgan fingerprint density at radius 1 is 1.30 bits per heavy atom. The van der Waals surface area contributed by atoms with Crippen molar-refractivity contribution in [1.29, 1.82) is 0 Å². The van der Waals surface area contributed by atoms with Crippen molar-refractivity contribution in [2.75, 3.05) is 17.7 Å². The van der Waals surface area contributed by atoms with Gasteiger partial charge in [-0.15, -0.1) is 35.0 Å². The lowest BCUT2D eigenvalue weighted by Gasteiger charge is -2.48. The summed E-state index contributed by atoms with van der Waals surface area (Å²) in [7, 11) is 0. The quantitative estimate of drug-likeness (QED) is 0.477. The van der Waals surface area contributed by atoms with Crippen LogP contribution in [0.1, 0.15) is 0 Å². The number of alkyl halides is 2. The van der Waals surface area contributed by atoms with E-state index in [9.17, 15) is 19.5 Å². The number of carbonyl (C=O) groups is 3. The molecule has 1 aromatic carbocycles. The molecule has 11 heteroatoms. The molecule has 0 radical (unpaired) electrons. The highest BCUT2D eigenvalue weighted by Crippen LogP contribution is 2.39. The topological polar surface area (TPSA) is 116 Å². The molecule has 0 bridgehead atoms. The first kappa shape index (κ1) is 21.2. The second-order valence-corrected chi connectivity index (χ2v) is 7.17. The van der Waals surface area contributed by atoms with Crippen LogP contribution in [0.3, 0.4) is 0 Å². The smallest absolute Gasteiger partial charge is 0.356 e. The van der Waals surface area contributed by atoms with Gasteiger partial charge in [-0.2, -0.15) is 0 Å². The first-order valence-electron chi connectivity index (χ1n) is 7.60. The van der Waals surface area contributed by atoms with Crippen molar-refractivity contribution in [3.8, 4) is 5.75 Å². The number of aliphatic hydroxyl groups excluding tert-OH is 1. The number of nitrogens with zero attached hydrogens (tertiary/aromatic N) is 1. The molecule has 1 fully saturated rings. The van der Waals surface area contributed by atoms with Crippen LogP contribution < -0.4 is 10.1 Å². The molecule has 2 amide bonds. The predicted molar refractivity (Wildman–Crippen MR) is 101 cm³/mol. The summed E-state index contributed by atoms with van der Waals surface area (Å²) in [5.41, 5.74) is -0.421. The lowest BCUT2D eigenvalue weighted by Crippen LogP contribution is -2.70. The van der Waals surface area contributed by atoms with Crippen LogP contribution in [0.25, 0.3) is 0 Å². The largest absolute Gasteiger partial charge is 0.509 e. The highest BCUT2D eigenvalue weighted by molar-refractivity contribution is 8.00. The maximum Gasteiger partial charge on any atom is 0.356 e. The number of carbonyl (C=O) groups excluding carboxylic acids is 2. The van der Waals surface area contributed by atoms with E-state index in [2.05, 4.69) is 5.32 Å². The number of para-hydroxylation sites is 1. The molecule has 2 aliphatic rings. The Hall–Kier alpha value is -2.10. The Kier molecular flexibility index (Phi) is 7.64. The summed E-state index contributed by atoms with van der Waals surface area (Å²) in [5, 5.41) is 20.9. The Balaban J connectivity index is 0.000000817. The number of halogens is 2. The zero-order valence-corrected chi connectivity index (χ0v) is 16.1. The Bertz CT molecular complexity index is 746. The molecular formula is C16H16Cl2N2O6S. The van der Waals surface area contributed by atoms with Gasteiger partial charge in [-0.3, -0.25) is 14.5 Å². The molecule has 3 rings (SSSR count). The summed E-state index contributed by atoms with van der Waals surface area (Å²) >= 11 is 10.7. The summed E-state index contributed by atoms with van der Waals surface area (Å²) in [6.45, 7) is -0.252. The van der Waals surface area contributed by atoms with Crippen molar-refractivity contribution in [2.24, 2.45) is 0 Å². The van der Waals surface area contributed by atoms with E-state index in [0.29, 0.717) is 5.75 Å². The van der Waals surface area contributed by atoms with Gasteiger partial charge in [-0.05, 0) is 12.1 Å². The Morgan fingerprint density at radius 2 is 1.93 bits per heavy atom. The van der Waals surface area contributed by atoms with E-state index in [0.717, 1.165) is 4.90 Å². The predicted octanol–water partition coefficient (Wildman–Crippen LogP) is 1.74. The van der Waals surface area contributed by atoms with E-state index in [4.69, 9.17) is 33.0 Å². The van der Waals surface area contributed by atoms with Gasteiger partial charge in [0.25, 0.3) is 11.8 Å². The maximum absolute atomic E-state index is 12.1. The molecule has 0 saturated carbocycles. The highest BCUT2D eigenvalue weighted by Gasteiger charge is 2.54. The summed E-state index contributed by atoms with van der Waals surface area (Å²) in [5.74, 6) is -2.17. The van der Waals surface area contributed by atoms with E-state index in [-0.39, 0.29) is 23.5 Å². The lowest BCUT2D eigenvalue weighted by atomic mass is 10.0. The lowest BCUT2D eigenvalue weighted by molar-refractivity contribution is -0.151. The second-order valence-electron chi connectivity index (χ2n) is 5.26. The van der Waals surface area contributed by atoms with Gasteiger partial charge in [-0.25, -0.2) is 4.79 Å². The third kappa shape index (κ3) is 5.00. The van der Waals surface area contributed by atoms with Gasteiger partial charge in [-0.1, -0.05) is 18.2 Å². The fourth-order valence-corrected chi connectivity index (χ4v) is 3.68. The summed E-state index contributed by atoms with van der Waals surface area (Å²) in [4.78, 5) is 36.2. The van der Waals surface area contributed by atoms with Crippen LogP contribution in [0, 0.1) is 0 Å². The molecule has 2 heterocycles. The fourth-order valence-electron chi connectivity index (χ4n) is 2.48. The van der Waals surface area contributed by atoms with Crippen molar-refractivity contribution in [3.05, 3.63) is 41.8 Å². The average Bonchev–Trinajstić information content (AvgIpc) is 2.65. The fraction of sp³-hybridized carbons (Fsp3) is 0.312. The number of thioether (sulfide) groups is 1. The number of nitrogens with one attached hydrogen (secondary N) is 1. The minimum Gasteiger partial charge on any atom is -0.509 e. The van der Waals surface area contributed by atoms with Crippen LogP contribution in [0.4, 0.5) is 0 Å². The number of carboxylic acid groups (broad SMARTS) is 1. The molecule has 1 saturated heterocycles. The summed E-state index contributed by atoms with van der Waals surface area (Å²) in [6.07, 6.45) is 0. The number of fused-ring (bicyclic) bond motifs is 1. The SMILES string of the molecule is ClCCl.O=C(COc1ccccc1)NC1C(=O)N2C(C(=O)O)=C(O)CS[C@H]12. The van der Waals surface area contributed by atoms with Crippen molar-refractivity contribution >= 4 is 52.7 Å². The molecule has 3 N–H and O–H groups in total. The van der Waals surface area contributed by atoms with Crippen LogP contribution in [0.2, 0.25) is 0 Å². The van der Waals surface area contributed by atoms with Crippen LogP contribution in [0.5, 0.6) is 5.75 Å². The number of β-lactam (4-membered cyclic amide) rings is 1. The molecule has 2 aliphatic heterocycles. The van der Waals surface area contributed by atoms with E-state index in [1.807, 2.05) is 6.07 Å². The van der Waals surface area contributed by atoms with E-state index in [1.165, 1.54) is 11.8 Å². The van der Waals surface area contributed by atoms with Gasteiger partial charge >= 0.3 is 5.97 Å². The van der Waals surface area contributed by atoms with Gasteiger partial charge < -0.3 is 20.3 Å². The monoisotopic (exact) mass is 434 g/mol. The third-order valence-corrected chi connectivity index (χ3v) is 4.84. The van der Waals surface area contributed by atoms with Gasteiger partial charge in [0.1, 0.15) is 22.9 Å². The third-order valence-electron chi connectivity index (χ3n) is 3.58. The molecule has 2 atom stereocenters. The van der Waals surface area contributed by atoms with Gasteiger partial charge in [0.15, 0.2) is 12.3 Å². The second kappa shape index (κ2) is 9.72. The molecule has 0 aromatic heterocycles. The molecule has 0 aliphatic carbocycles. The number of ether oxygens (including phenoxy) is 1. The molecule has 146 valence electrons. The Labute approximate surface area is 169 Å². The number of hydrogen-bond donors (Lipinski definition) is 3. The van der Waals surface area contributed by atoms with Crippen molar-refractivity contribution in [3.63, 3.8) is 0 Å². The highest BCUT2D eigenvalue weighted by atomic mass is 35.5. The van der Waals surface area contributed by atoms with Gasteiger partial charge in [0, 0.05) is 0 Å². The molecule has 27 heavy (non-hydrogen) atoms. The number of hydrogen-bond acceptors (Lipinski definition) is 6. The first-order valence-corrected chi connectivity index (χ1v) is 9.71. The molecule has 0 spiro atoms. The first-order chi connectivity index (χ1) is 12.9. The van der Waals surface area contributed by atoms with Crippen molar-refractivity contribution in [1.82, 2.24) is 10.2 Å². The number of amides is 2. The minimum absolute atomic E-state index is 0.0724. The number of aliphatic carboxylic acids is 1. The number of carboxylic acids is 1. The standard InChI is InChI=1S/C15H14N2O6S.CH2Cl2/c18-9-7-24-14-11(13(20)17(14)12(9)15(21)22)16-10(19)6-23-8-4-2-1-3-5-8;2-1-3/h1-5,11,14,18H,6-7H2,(H,16,19)(H,21,22);1H2/t11?,14-;/m1./s1. The normalized spacial score (nSPS) is 20.7. The molecule has 8 nitrogen and oxygen atoms in total. The zero-order chi connectivity index (χ0) is 20.0. The van der Waals surface area contributed by atoms with Crippen LogP contribution >= 0.6 is 35.0 Å². The van der Waals surface area contributed by atoms with Crippen molar-refractivity contribution < 1.29 is 29.3 Å². The Morgan fingerprint density at radius 3 is 2.52 bits per heavy atom. The van der Waals surface area contributed by atoms with E-state index >= 15 is 0 Å². The van der Waals surface area contributed by atoms with Crippen LogP contribution in [-0.4, -0.2) is 62.0 Å².